The van der Waals surface area contributed by atoms with E-state index < -0.39 is 5.82 Å². The summed E-state index contributed by atoms with van der Waals surface area (Å²) in [6, 6.07) is 4.75. The van der Waals surface area contributed by atoms with Gasteiger partial charge in [0.05, 0.1) is 19.2 Å². The van der Waals surface area contributed by atoms with Crippen molar-refractivity contribution in [1.29, 1.82) is 0 Å². The first kappa shape index (κ1) is 19.9. The first-order valence-electron chi connectivity index (χ1n) is 8.82. The molecule has 0 N–H and O–H groups in total. The van der Waals surface area contributed by atoms with Gasteiger partial charge in [-0.15, -0.1) is 0 Å². The van der Waals surface area contributed by atoms with Gasteiger partial charge in [-0.2, -0.15) is 5.10 Å². The third-order valence-corrected chi connectivity index (χ3v) is 4.46. The van der Waals surface area contributed by atoms with E-state index in [0.29, 0.717) is 18.9 Å². The first-order chi connectivity index (χ1) is 12.2. The molecule has 0 saturated carbocycles. The quantitative estimate of drug-likeness (QED) is 0.758. The first-order valence-corrected chi connectivity index (χ1v) is 8.82. The van der Waals surface area contributed by atoms with Crippen molar-refractivity contribution in [1.82, 2.24) is 14.7 Å². The van der Waals surface area contributed by atoms with Crippen LogP contribution in [0, 0.1) is 25.6 Å². The van der Waals surface area contributed by atoms with Gasteiger partial charge in [0, 0.05) is 31.4 Å². The molecule has 142 valence electrons. The number of aryl methyl sites for hydroxylation is 1. The van der Waals surface area contributed by atoms with Gasteiger partial charge in [0.15, 0.2) is 11.6 Å². The number of halogens is 1. The Bertz CT molecular complexity index is 784. The lowest BCUT2D eigenvalue weighted by molar-refractivity contribution is -0.129. The Morgan fingerprint density at radius 2 is 2.04 bits per heavy atom. The van der Waals surface area contributed by atoms with E-state index in [4.69, 9.17) is 4.74 Å². The Balaban J connectivity index is 2.07. The summed E-state index contributed by atoms with van der Waals surface area (Å²) >= 11 is 0. The Kier molecular flexibility index (Phi) is 6.40. The van der Waals surface area contributed by atoms with E-state index >= 15 is 0 Å². The van der Waals surface area contributed by atoms with Gasteiger partial charge in [-0.25, -0.2) is 4.39 Å². The predicted molar refractivity (Wildman–Crippen MR) is 99.7 cm³/mol. The number of methoxy groups -OCH3 is 1. The maximum Gasteiger partial charge on any atom is 0.227 e. The molecule has 0 bridgehead atoms. The molecule has 0 aliphatic heterocycles. The largest absolute Gasteiger partial charge is 0.494 e. The second kappa shape index (κ2) is 8.34. The molecule has 0 atom stereocenters. The third kappa shape index (κ3) is 4.62. The van der Waals surface area contributed by atoms with Gasteiger partial charge in [0.2, 0.25) is 5.91 Å². The van der Waals surface area contributed by atoms with E-state index in [-0.39, 0.29) is 11.7 Å². The Morgan fingerprint density at radius 3 is 2.62 bits per heavy atom. The van der Waals surface area contributed by atoms with Crippen molar-refractivity contribution in [3.05, 3.63) is 46.5 Å². The van der Waals surface area contributed by atoms with Crippen LogP contribution in [0.3, 0.4) is 0 Å². The Labute approximate surface area is 154 Å². The van der Waals surface area contributed by atoms with Crippen molar-refractivity contribution >= 4 is 5.91 Å². The number of nitrogens with zero attached hydrogens (tertiary/aromatic N) is 3. The molecule has 26 heavy (non-hydrogen) atoms. The van der Waals surface area contributed by atoms with Crippen LogP contribution in [0.2, 0.25) is 0 Å². The number of hydrogen-bond donors (Lipinski definition) is 0. The number of aromatic nitrogens is 2. The summed E-state index contributed by atoms with van der Waals surface area (Å²) in [7, 11) is 3.16. The normalized spacial score (nSPS) is 11.1. The second-order valence-corrected chi connectivity index (χ2v) is 7.12. The SMILES string of the molecule is COc1ccc(CN(C)C(=O)Cc2c(C)nn(CC(C)C)c2C)cc1F. The fraction of sp³-hybridized carbons (Fsp3) is 0.500. The fourth-order valence-corrected chi connectivity index (χ4v) is 2.97. The van der Waals surface area contributed by atoms with Gasteiger partial charge in [-0.1, -0.05) is 19.9 Å². The summed E-state index contributed by atoms with van der Waals surface area (Å²) in [6.07, 6.45) is 0.297. The molecule has 0 aliphatic rings. The predicted octanol–water partition coefficient (Wildman–Crippen LogP) is 3.50. The zero-order chi connectivity index (χ0) is 19.4. The maximum absolute atomic E-state index is 13.8. The van der Waals surface area contributed by atoms with Crippen LogP contribution < -0.4 is 4.74 Å². The van der Waals surface area contributed by atoms with Gasteiger partial charge in [-0.05, 0) is 37.5 Å². The van der Waals surface area contributed by atoms with Crippen LogP contribution in [0.1, 0.15) is 36.4 Å². The van der Waals surface area contributed by atoms with E-state index in [1.165, 1.54) is 13.2 Å². The molecule has 1 aromatic heterocycles. The molecule has 0 saturated heterocycles. The van der Waals surface area contributed by atoms with Crippen molar-refractivity contribution in [2.45, 2.75) is 47.2 Å². The zero-order valence-electron chi connectivity index (χ0n) is 16.5. The smallest absolute Gasteiger partial charge is 0.227 e. The van der Waals surface area contributed by atoms with Crippen molar-refractivity contribution < 1.29 is 13.9 Å². The topological polar surface area (TPSA) is 47.4 Å². The van der Waals surface area contributed by atoms with Crippen molar-refractivity contribution in [2.75, 3.05) is 14.2 Å². The summed E-state index contributed by atoms with van der Waals surface area (Å²) < 4.78 is 20.7. The van der Waals surface area contributed by atoms with Crippen molar-refractivity contribution in [2.24, 2.45) is 5.92 Å². The molecule has 0 fully saturated rings. The van der Waals surface area contributed by atoms with Gasteiger partial charge in [-0.3, -0.25) is 9.48 Å². The Hall–Kier alpha value is -2.37. The number of likely N-dealkylation sites (N-methyl/N-ethyl adjacent to an activating group) is 1. The minimum absolute atomic E-state index is 0.0171. The molecule has 0 spiro atoms. The standard InChI is InChI=1S/C20H28FN3O2/c1-13(2)11-24-15(4)17(14(3)22-24)10-20(25)23(5)12-16-7-8-19(26-6)18(21)9-16/h7-9,13H,10-12H2,1-6H3. The lowest BCUT2D eigenvalue weighted by atomic mass is 10.1. The number of ether oxygens (including phenoxy) is 1. The van der Waals surface area contributed by atoms with E-state index in [9.17, 15) is 9.18 Å². The van der Waals surface area contributed by atoms with Gasteiger partial charge in [0.25, 0.3) is 0 Å². The molecule has 1 heterocycles. The number of carbonyl (C=O) groups excluding carboxylic acids is 1. The lowest BCUT2D eigenvalue weighted by Crippen LogP contribution is -2.28. The minimum Gasteiger partial charge on any atom is -0.494 e. The molecule has 5 nitrogen and oxygen atoms in total. The van der Waals surface area contributed by atoms with Gasteiger partial charge >= 0.3 is 0 Å². The highest BCUT2D eigenvalue weighted by Gasteiger charge is 2.18. The molecule has 1 amide bonds. The number of carbonyl (C=O) groups is 1. The lowest BCUT2D eigenvalue weighted by Gasteiger charge is -2.18. The molecular formula is C20H28FN3O2. The summed E-state index contributed by atoms with van der Waals surface area (Å²) in [4.78, 5) is 14.2. The number of rotatable bonds is 7. The molecule has 6 heteroatoms. The van der Waals surface area contributed by atoms with Crippen LogP contribution in [-0.2, 0) is 24.3 Å². The molecule has 1 aromatic carbocycles. The van der Waals surface area contributed by atoms with E-state index in [0.717, 1.165) is 29.1 Å². The summed E-state index contributed by atoms with van der Waals surface area (Å²) in [5, 5.41) is 4.56. The van der Waals surface area contributed by atoms with Gasteiger partial charge in [0.1, 0.15) is 0 Å². The second-order valence-electron chi connectivity index (χ2n) is 7.12. The molecule has 2 aromatic rings. The van der Waals surface area contributed by atoms with Crippen LogP contribution in [0.5, 0.6) is 5.75 Å². The fourth-order valence-electron chi connectivity index (χ4n) is 2.97. The van der Waals surface area contributed by atoms with Gasteiger partial charge < -0.3 is 9.64 Å². The molecule has 0 aliphatic carbocycles. The highest BCUT2D eigenvalue weighted by atomic mass is 19.1. The summed E-state index contributed by atoms with van der Waals surface area (Å²) in [5.74, 6) is 0.250. The molecular weight excluding hydrogens is 333 g/mol. The zero-order valence-corrected chi connectivity index (χ0v) is 16.5. The number of hydrogen-bond acceptors (Lipinski definition) is 3. The highest BCUT2D eigenvalue weighted by molar-refractivity contribution is 5.79. The van der Waals surface area contributed by atoms with Crippen LogP contribution >= 0.6 is 0 Å². The van der Waals surface area contributed by atoms with E-state index in [1.807, 2.05) is 18.5 Å². The van der Waals surface area contributed by atoms with E-state index in [2.05, 4.69) is 18.9 Å². The van der Waals surface area contributed by atoms with Crippen molar-refractivity contribution in [3.8, 4) is 5.75 Å². The Morgan fingerprint density at radius 1 is 1.35 bits per heavy atom. The molecule has 2 rings (SSSR count). The van der Waals surface area contributed by atoms with Crippen LogP contribution in [0.25, 0.3) is 0 Å². The number of amides is 1. The molecule has 0 radical (unpaired) electrons. The summed E-state index contributed by atoms with van der Waals surface area (Å²) in [6.45, 7) is 9.40. The van der Waals surface area contributed by atoms with Crippen LogP contribution in [-0.4, -0.2) is 34.7 Å². The van der Waals surface area contributed by atoms with Crippen LogP contribution in [0.4, 0.5) is 4.39 Å². The number of benzene rings is 1. The third-order valence-electron chi connectivity index (χ3n) is 4.46. The van der Waals surface area contributed by atoms with Crippen LogP contribution in [0.15, 0.2) is 18.2 Å². The van der Waals surface area contributed by atoms with Crippen molar-refractivity contribution in [3.63, 3.8) is 0 Å². The minimum atomic E-state index is -0.424. The monoisotopic (exact) mass is 361 g/mol. The average Bonchev–Trinajstić information content (AvgIpc) is 2.81. The highest BCUT2D eigenvalue weighted by Crippen LogP contribution is 2.20. The molecule has 0 unspecified atom stereocenters. The average molecular weight is 361 g/mol. The van der Waals surface area contributed by atoms with E-state index in [1.54, 1.807) is 24.1 Å². The maximum atomic E-state index is 13.8. The summed E-state index contributed by atoms with van der Waals surface area (Å²) in [5.41, 5.74) is 3.63.